The number of rotatable bonds is 8. The molecule has 0 aliphatic carbocycles. The first-order chi connectivity index (χ1) is 19.0. The Hall–Kier alpha value is -4.70. The lowest BCUT2D eigenvalue weighted by molar-refractivity contribution is -0.125. The van der Waals surface area contributed by atoms with Crippen LogP contribution in [0.25, 0.3) is 10.9 Å². The van der Waals surface area contributed by atoms with E-state index < -0.39 is 6.09 Å². The third-order valence-corrected chi connectivity index (χ3v) is 6.38. The van der Waals surface area contributed by atoms with E-state index in [0.29, 0.717) is 65.0 Å². The topological polar surface area (TPSA) is 119 Å². The number of ether oxygens (including phenoxy) is 2. The number of halogens is 1. The summed E-state index contributed by atoms with van der Waals surface area (Å²) in [6.45, 7) is 4.65. The second-order valence-electron chi connectivity index (χ2n) is 8.76. The van der Waals surface area contributed by atoms with E-state index >= 15 is 0 Å². The number of fused-ring (bicyclic) bond motifs is 1. The van der Waals surface area contributed by atoms with Crippen molar-refractivity contribution in [1.82, 2.24) is 19.9 Å². The minimum Gasteiger partial charge on any atom is -0.486 e. The lowest BCUT2D eigenvalue weighted by atomic mass is 10.2. The van der Waals surface area contributed by atoms with Crippen LogP contribution in [0.15, 0.2) is 79.8 Å². The Morgan fingerprint density at radius 2 is 1.97 bits per heavy atom. The predicted octanol–water partition coefficient (Wildman–Crippen LogP) is 5.34. The Morgan fingerprint density at radius 1 is 1.10 bits per heavy atom. The van der Waals surface area contributed by atoms with Gasteiger partial charge in [0.25, 0.3) is 0 Å². The van der Waals surface area contributed by atoms with E-state index in [1.165, 1.54) is 12.4 Å². The predicted molar refractivity (Wildman–Crippen MR) is 148 cm³/mol. The van der Waals surface area contributed by atoms with Crippen molar-refractivity contribution in [3.8, 4) is 5.75 Å². The lowest BCUT2D eigenvalue weighted by Gasteiger charge is -2.15. The number of carbonyl (C=O) groups is 2. The smallest absolute Gasteiger partial charge is 0.411 e. The number of amides is 2. The van der Waals surface area contributed by atoms with Crippen molar-refractivity contribution in [2.75, 3.05) is 23.7 Å². The molecular weight excluding hydrogens is 520 g/mol. The molecule has 0 radical (unpaired) electrons. The van der Waals surface area contributed by atoms with Crippen LogP contribution in [0, 0.1) is 0 Å². The zero-order valence-electron chi connectivity index (χ0n) is 20.8. The standard InChI is InChI=1S/C28H25ClN6O4/c1-2-26(36)35-12-10-21(15-35)39-28(37)34-18-6-8-24-22(13-18)27(32-17-31-24)33-19-7-9-25(23(29)14-19)38-16-20-5-3-4-11-30-20/h2-9,11,13-14,17,21H,1,10,12,15-16H2,(H,34,37)(H,31,32,33). The molecule has 11 heteroatoms. The quantitative estimate of drug-likeness (QED) is 0.285. The number of likely N-dealkylation sites (tertiary alicyclic amines) is 1. The van der Waals surface area contributed by atoms with Crippen LogP contribution in [-0.2, 0) is 16.1 Å². The van der Waals surface area contributed by atoms with Gasteiger partial charge in [-0.15, -0.1) is 0 Å². The first-order valence-electron chi connectivity index (χ1n) is 12.2. The second kappa shape index (κ2) is 11.8. The minimum absolute atomic E-state index is 0.177. The molecule has 0 spiro atoms. The van der Waals surface area contributed by atoms with E-state index in [4.69, 9.17) is 21.1 Å². The van der Waals surface area contributed by atoms with E-state index in [2.05, 4.69) is 32.2 Å². The largest absolute Gasteiger partial charge is 0.486 e. The number of aromatic nitrogens is 3. The van der Waals surface area contributed by atoms with Crippen molar-refractivity contribution in [1.29, 1.82) is 0 Å². The number of hydrogen-bond donors (Lipinski definition) is 2. The second-order valence-corrected chi connectivity index (χ2v) is 9.17. The Kier molecular flexibility index (Phi) is 7.83. The van der Waals surface area contributed by atoms with Crippen LogP contribution >= 0.6 is 11.6 Å². The van der Waals surface area contributed by atoms with Crippen molar-refractivity contribution < 1.29 is 19.1 Å². The summed E-state index contributed by atoms with van der Waals surface area (Å²) in [5.41, 5.74) is 2.69. The molecule has 10 nitrogen and oxygen atoms in total. The van der Waals surface area contributed by atoms with Crippen LogP contribution in [0.5, 0.6) is 5.75 Å². The van der Waals surface area contributed by atoms with Gasteiger partial charge < -0.3 is 19.7 Å². The summed E-state index contributed by atoms with van der Waals surface area (Å²) in [7, 11) is 0. The molecule has 39 heavy (non-hydrogen) atoms. The van der Waals surface area contributed by atoms with Gasteiger partial charge in [0.05, 0.1) is 22.8 Å². The highest BCUT2D eigenvalue weighted by molar-refractivity contribution is 6.32. The minimum atomic E-state index is -0.605. The van der Waals surface area contributed by atoms with Gasteiger partial charge in [-0.3, -0.25) is 15.1 Å². The molecule has 2 amide bonds. The molecule has 2 N–H and O–H groups in total. The van der Waals surface area contributed by atoms with E-state index in [1.54, 1.807) is 41.4 Å². The maximum absolute atomic E-state index is 12.5. The third kappa shape index (κ3) is 6.42. The van der Waals surface area contributed by atoms with Gasteiger partial charge in [-0.2, -0.15) is 0 Å². The number of nitrogens with one attached hydrogen (secondary N) is 2. The molecule has 2 aromatic heterocycles. The first kappa shape index (κ1) is 25.9. The molecule has 5 rings (SSSR count). The molecule has 1 aliphatic heterocycles. The Bertz CT molecular complexity index is 1520. The number of benzene rings is 2. The molecule has 4 aromatic rings. The number of pyridine rings is 1. The zero-order valence-corrected chi connectivity index (χ0v) is 21.6. The average molecular weight is 545 g/mol. The van der Waals surface area contributed by atoms with Gasteiger partial charge in [0.2, 0.25) is 5.91 Å². The van der Waals surface area contributed by atoms with Crippen LogP contribution in [0.2, 0.25) is 5.02 Å². The molecule has 0 bridgehead atoms. The molecule has 2 aromatic carbocycles. The van der Waals surface area contributed by atoms with Gasteiger partial charge in [0, 0.05) is 35.9 Å². The molecule has 3 heterocycles. The van der Waals surface area contributed by atoms with Crippen LogP contribution in [-0.4, -0.2) is 51.0 Å². The lowest BCUT2D eigenvalue weighted by Crippen LogP contribution is -2.30. The fraction of sp³-hybridized carbons (Fsp3) is 0.179. The fourth-order valence-corrected chi connectivity index (χ4v) is 4.39. The first-order valence-corrected chi connectivity index (χ1v) is 12.6. The van der Waals surface area contributed by atoms with Gasteiger partial charge in [0.1, 0.15) is 30.6 Å². The molecule has 0 saturated carbocycles. The van der Waals surface area contributed by atoms with Crippen LogP contribution in [0.4, 0.5) is 22.0 Å². The van der Waals surface area contributed by atoms with E-state index in [0.717, 1.165) is 5.69 Å². The van der Waals surface area contributed by atoms with Crippen molar-refractivity contribution >= 4 is 51.7 Å². The number of carbonyl (C=O) groups excluding carboxylic acids is 2. The van der Waals surface area contributed by atoms with E-state index in [1.807, 2.05) is 24.3 Å². The van der Waals surface area contributed by atoms with Crippen molar-refractivity contribution in [2.24, 2.45) is 0 Å². The summed E-state index contributed by atoms with van der Waals surface area (Å²) in [6, 6.07) is 16.2. The van der Waals surface area contributed by atoms with Crippen molar-refractivity contribution in [3.63, 3.8) is 0 Å². The summed E-state index contributed by atoms with van der Waals surface area (Å²) >= 11 is 6.46. The molecule has 1 unspecified atom stereocenters. The van der Waals surface area contributed by atoms with Crippen LogP contribution in [0.1, 0.15) is 12.1 Å². The summed E-state index contributed by atoms with van der Waals surface area (Å²) in [4.78, 5) is 38.8. The van der Waals surface area contributed by atoms with Crippen molar-refractivity contribution in [2.45, 2.75) is 19.1 Å². The molecule has 198 valence electrons. The number of hydrogen-bond acceptors (Lipinski definition) is 8. The highest BCUT2D eigenvalue weighted by atomic mass is 35.5. The normalized spacial score (nSPS) is 14.6. The monoisotopic (exact) mass is 544 g/mol. The van der Waals surface area contributed by atoms with Gasteiger partial charge in [-0.05, 0) is 54.6 Å². The summed E-state index contributed by atoms with van der Waals surface area (Å²) in [5.74, 6) is 0.887. The maximum atomic E-state index is 12.5. The highest BCUT2D eigenvalue weighted by Crippen LogP contribution is 2.31. The van der Waals surface area contributed by atoms with Gasteiger partial charge in [-0.25, -0.2) is 14.8 Å². The average Bonchev–Trinajstić information content (AvgIpc) is 3.41. The zero-order chi connectivity index (χ0) is 27.2. The Morgan fingerprint density at radius 3 is 2.77 bits per heavy atom. The summed E-state index contributed by atoms with van der Waals surface area (Å²) in [5, 5.41) is 7.12. The number of anilines is 3. The molecular formula is C28H25ClN6O4. The van der Waals surface area contributed by atoms with E-state index in [9.17, 15) is 9.59 Å². The third-order valence-electron chi connectivity index (χ3n) is 6.08. The maximum Gasteiger partial charge on any atom is 0.411 e. The summed E-state index contributed by atoms with van der Waals surface area (Å²) < 4.78 is 11.3. The van der Waals surface area contributed by atoms with E-state index in [-0.39, 0.29) is 12.0 Å². The van der Waals surface area contributed by atoms with Gasteiger partial charge in [0.15, 0.2) is 0 Å². The Balaban J connectivity index is 1.25. The molecule has 1 aliphatic rings. The molecule has 1 saturated heterocycles. The van der Waals surface area contributed by atoms with Gasteiger partial charge in [-0.1, -0.05) is 24.2 Å². The fourth-order valence-electron chi connectivity index (χ4n) is 4.15. The van der Waals surface area contributed by atoms with Gasteiger partial charge >= 0.3 is 6.09 Å². The highest BCUT2D eigenvalue weighted by Gasteiger charge is 2.27. The molecule has 1 atom stereocenters. The SMILES string of the molecule is C=CC(=O)N1CCC(OC(=O)Nc2ccc3ncnc(Nc4ccc(OCc5ccccn5)c(Cl)c4)c3c2)C1. The molecule has 1 fully saturated rings. The summed E-state index contributed by atoms with van der Waals surface area (Å²) in [6.07, 6.45) is 4.00. The van der Waals surface area contributed by atoms with Crippen molar-refractivity contribution in [3.05, 3.63) is 90.5 Å². The van der Waals surface area contributed by atoms with Crippen LogP contribution < -0.4 is 15.4 Å². The van der Waals surface area contributed by atoms with Crippen LogP contribution in [0.3, 0.4) is 0 Å². The number of nitrogens with zero attached hydrogens (tertiary/aromatic N) is 4. The Labute approximate surface area is 229 Å².